The van der Waals surface area contributed by atoms with Crippen molar-refractivity contribution >= 4 is 33.9 Å². The van der Waals surface area contributed by atoms with Crippen LogP contribution in [-0.2, 0) is 5.75 Å². The first-order valence-electron chi connectivity index (χ1n) is 8.77. The molecular formula is C21H13FN4OS2. The van der Waals surface area contributed by atoms with Crippen LogP contribution in [-0.4, -0.2) is 20.3 Å². The third kappa shape index (κ3) is 3.64. The van der Waals surface area contributed by atoms with Gasteiger partial charge in [-0.15, -0.1) is 10.2 Å². The molecule has 0 aliphatic rings. The maximum Gasteiger partial charge on any atom is 0.258 e. The van der Waals surface area contributed by atoms with Gasteiger partial charge in [0.05, 0.1) is 11.3 Å². The lowest BCUT2D eigenvalue weighted by atomic mass is 10.1. The number of thioether (sulfide) groups is 1. The number of nitrogens with zero attached hydrogens (tertiary/aromatic N) is 4. The molecule has 8 heteroatoms. The van der Waals surface area contributed by atoms with E-state index >= 15 is 0 Å². The van der Waals surface area contributed by atoms with E-state index in [1.807, 2.05) is 41.1 Å². The number of rotatable bonds is 5. The molecule has 29 heavy (non-hydrogen) atoms. The Balaban J connectivity index is 1.44. The summed E-state index contributed by atoms with van der Waals surface area (Å²) in [6.07, 6.45) is 0. The fourth-order valence-corrected chi connectivity index (χ4v) is 4.40. The molecule has 0 aliphatic carbocycles. The van der Waals surface area contributed by atoms with Gasteiger partial charge in [0.1, 0.15) is 16.5 Å². The van der Waals surface area contributed by atoms with Gasteiger partial charge in [-0.1, -0.05) is 41.2 Å². The minimum absolute atomic E-state index is 0.278. The van der Waals surface area contributed by atoms with Crippen LogP contribution in [0.3, 0.4) is 0 Å². The first-order chi connectivity index (χ1) is 14.3. The van der Waals surface area contributed by atoms with Crippen molar-refractivity contribution in [1.29, 1.82) is 0 Å². The van der Waals surface area contributed by atoms with E-state index in [4.69, 9.17) is 4.52 Å². The highest BCUT2D eigenvalue weighted by Crippen LogP contribution is 2.33. The summed E-state index contributed by atoms with van der Waals surface area (Å²) in [7, 11) is 0. The lowest BCUT2D eigenvalue weighted by molar-refractivity contribution is 0.425. The molecule has 0 radical (unpaired) electrons. The predicted octanol–water partition coefficient (Wildman–Crippen LogP) is 5.84. The smallest absolute Gasteiger partial charge is 0.258 e. The summed E-state index contributed by atoms with van der Waals surface area (Å²) >= 11 is 3.09. The van der Waals surface area contributed by atoms with Crippen LogP contribution in [0.4, 0.5) is 4.39 Å². The van der Waals surface area contributed by atoms with Crippen LogP contribution in [0.1, 0.15) is 5.82 Å². The van der Waals surface area contributed by atoms with Crippen LogP contribution in [0.15, 0.2) is 74.9 Å². The summed E-state index contributed by atoms with van der Waals surface area (Å²) in [5.41, 5.74) is 2.47. The van der Waals surface area contributed by atoms with Gasteiger partial charge < -0.3 is 4.52 Å². The molecule has 0 atom stereocenters. The highest BCUT2D eigenvalue weighted by Gasteiger charge is 2.14. The van der Waals surface area contributed by atoms with Crippen molar-refractivity contribution in [3.8, 4) is 22.7 Å². The molecule has 0 unspecified atom stereocenters. The zero-order chi connectivity index (χ0) is 19.6. The molecule has 0 N–H and O–H groups in total. The lowest BCUT2D eigenvalue weighted by Gasteiger charge is -2.08. The van der Waals surface area contributed by atoms with Gasteiger partial charge in [0.25, 0.3) is 5.89 Å². The van der Waals surface area contributed by atoms with Gasteiger partial charge >= 0.3 is 0 Å². The third-order valence-electron chi connectivity index (χ3n) is 4.35. The number of hydrogen-bond donors (Lipinski definition) is 0. The van der Waals surface area contributed by atoms with E-state index in [0.29, 0.717) is 17.5 Å². The van der Waals surface area contributed by atoms with Crippen LogP contribution in [0, 0.1) is 5.82 Å². The van der Waals surface area contributed by atoms with Gasteiger partial charge in [-0.05, 0) is 35.7 Å². The SMILES string of the molecule is Fc1ccc(-c2nnc(SCc3noc(-c4ccsc4)n3)c3ccccc23)cc1. The molecule has 0 aliphatic heterocycles. The zero-order valence-corrected chi connectivity index (χ0v) is 16.6. The number of fused-ring (bicyclic) bond motifs is 1. The number of hydrogen-bond acceptors (Lipinski definition) is 7. The van der Waals surface area contributed by atoms with E-state index in [0.717, 1.165) is 32.6 Å². The summed E-state index contributed by atoms with van der Waals surface area (Å²) in [5.74, 6) is 1.36. The monoisotopic (exact) mass is 420 g/mol. The van der Waals surface area contributed by atoms with E-state index < -0.39 is 0 Å². The zero-order valence-electron chi connectivity index (χ0n) is 14.9. The van der Waals surface area contributed by atoms with Gasteiger partial charge in [-0.3, -0.25) is 0 Å². The molecule has 0 spiro atoms. The Labute approximate surface area is 173 Å². The molecule has 3 heterocycles. The Morgan fingerprint density at radius 2 is 1.76 bits per heavy atom. The third-order valence-corrected chi connectivity index (χ3v) is 6.01. The Kier molecular flexibility index (Phi) is 4.79. The topological polar surface area (TPSA) is 64.7 Å². The molecule has 142 valence electrons. The fourth-order valence-electron chi connectivity index (χ4n) is 2.96. The van der Waals surface area contributed by atoms with Gasteiger partial charge in [0, 0.05) is 21.7 Å². The van der Waals surface area contributed by atoms with Crippen LogP contribution >= 0.6 is 23.1 Å². The van der Waals surface area contributed by atoms with E-state index in [1.165, 1.54) is 23.9 Å². The predicted molar refractivity (Wildman–Crippen MR) is 112 cm³/mol. The Morgan fingerprint density at radius 1 is 0.931 bits per heavy atom. The molecule has 0 fully saturated rings. The maximum atomic E-state index is 13.3. The molecule has 5 aromatic rings. The maximum absolute atomic E-state index is 13.3. The number of halogens is 1. The summed E-state index contributed by atoms with van der Waals surface area (Å²) in [6.45, 7) is 0. The summed E-state index contributed by atoms with van der Waals surface area (Å²) in [4.78, 5) is 4.45. The molecule has 0 saturated heterocycles. The minimum atomic E-state index is -0.278. The largest absolute Gasteiger partial charge is 0.334 e. The first-order valence-corrected chi connectivity index (χ1v) is 10.7. The van der Waals surface area contributed by atoms with Gasteiger partial charge in [-0.2, -0.15) is 16.3 Å². The fraction of sp³-hybridized carbons (Fsp3) is 0.0476. The summed E-state index contributed by atoms with van der Waals surface area (Å²) < 4.78 is 18.6. The van der Waals surface area contributed by atoms with Crippen molar-refractivity contribution in [2.75, 3.05) is 0 Å². The Bertz CT molecular complexity index is 1270. The Morgan fingerprint density at radius 3 is 2.55 bits per heavy atom. The number of aromatic nitrogens is 4. The summed E-state index contributed by atoms with van der Waals surface area (Å²) in [6, 6.07) is 16.1. The second kappa shape index (κ2) is 7.73. The molecule has 0 bridgehead atoms. The second-order valence-electron chi connectivity index (χ2n) is 6.22. The molecule has 5 nitrogen and oxygen atoms in total. The lowest BCUT2D eigenvalue weighted by Crippen LogP contribution is -1.94. The van der Waals surface area contributed by atoms with Gasteiger partial charge in [-0.25, -0.2) is 4.39 Å². The van der Waals surface area contributed by atoms with E-state index in [2.05, 4.69) is 20.3 Å². The normalized spacial score (nSPS) is 11.2. The summed E-state index contributed by atoms with van der Waals surface area (Å²) in [5, 5.41) is 19.5. The molecular weight excluding hydrogens is 407 g/mol. The molecule has 0 amide bonds. The minimum Gasteiger partial charge on any atom is -0.334 e. The molecule has 5 rings (SSSR count). The van der Waals surface area contributed by atoms with Crippen molar-refractivity contribution in [1.82, 2.24) is 20.3 Å². The van der Waals surface area contributed by atoms with Crippen molar-refractivity contribution < 1.29 is 8.91 Å². The van der Waals surface area contributed by atoms with Crippen LogP contribution in [0.25, 0.3) is 33.5 Å². The van der Waals surface area contributed by atoms with Crippen LogP contribution in [0.5, 0.6) is 0 Å². The van der Waals surface area contributed by atoms with E-state index in [-0.39, 0.29) is 5.82 Å². The molecule has 3 aromatic heterocycles. The average Bonchev–Trinajstić information content (AvgIpc) is 3.45. The Hall–Kier alpha value is -3.10. The second-order valence-corrected chi connectivity index (χ2v) is 7.97. The van der Waals surface area contributed by atoms with Crippen molar-refractivity contribution in [3.05, 3.63) is 77.0 Å². The highest BCUT2D eigenvalue weighted by atomic mass is 32.2. The average molecular weight is 420 g/mol. The first kappa shape index (κ1) is 18.0. The van der Waals surface area contributed by atoms with E-state index in [9.17, 15) is 4.39 Å². The van der Waals surface area contributed by atoms with Crippen molar-refractivity contribution in [3.63, 3.8) is 0 Å². The standard InChI is InChI=1S/C21H13FN4OS2/c22-15-7-5-13(6-8-15)19-16-3-1-2-4-17(16)21(25-24-19)29-12-18-23-20(27-26-18)14-9-10-28-11-14/h1-11H,12H2. The van der Waals surface area contributed by atoms with Crippen molar-refractivity contribution in [2.24, 2.45) is 0 Å². The highest BCUT2D eigenvalue weighted by molar-refractivity contribution is 7.98. The van der Waals surface area contributed by atoms with Crippen molar-refractivity contribution in [2.45, 2.75) is 10.8 Å². The quantitative estimate of drug-likeness (QED) is 0.333. The van der Waals surface area contributed by atoms with Gasteiger partial charge in [0.15, 0.2) is 5.82 Å². The molecule has 2 aromatic carbocycles. The number of thiophene rings is 1. The van der Waals surface area contributed by atoms with E-state index in [1.54, 1.807) is 23.5 Å². The molecule has 0 saturated carbocycles. The van der Waals surface area contributed by atoms with Gasteiger partial charge in [0.2, 0.25) is 0 Å². The number of benzene rings is 2. The van der Waals surface area contributed by atoms with Crippen LogP contribution < -0.4 is 0 Å². The van der Waals surface area contributed by atoms with Crippen LogP contribution in [0.2, 0.25) is 0 Å².